The van der Waals surface area contributed by atoms with E-state index in [2.05, 4.69) is 34.9 Å². The molecular formula is C16H25BrN2O. The smallest absolute Gasteiger partial charge is 0.138 e. The molecule has 0 aromatic carbocycles. The number of carbonyl (C=O) groups is 1. The fraction of sp³-hybridized carbons (Fsp3) is 0.750. The Labute approximate surface area is 130 Å². The lowest BCUT2D eigenvalue weighted by molar-refractivity contribution is -0.118. The Morgan fingerprint density at radius 1 is 1.35 bits per heavy atom. The molecule has 1 aromatic heterocycles. The van der Waals surface area contributed by atoms with E-state index in [1.807, 2.05) is 4.68 Å². The van der Waals surface area contributed by atoms with Crippen LogP contribution in [0.4, 0.5) is 0 Å². The summed E-state index contributed by atoms with van der Waals surface area (Å²) in [6.45, 7) is 4.99. The first-order chi connectivity index (χ1) is 9.65. The largest absolute Gasteiger partial charge is 0.299 e. The summed E-state index contributed by atoms with van der Waals surface area (Å²) >= 11 is 3.61. The molecule has 20 heavy (non-hydrogen) atoms. The number of hydrogen-bond acceptors (Lipinski definition) is 2. The number of rotatable bonds is 7. The fourth-order valence-electron chi connectivity index (χ4n) is 3.13. The van der Waals surface area contributed by atoms with Crippen LogP contribution in [0.3, 0.4) is 0 Å². The fourth-order valence-corrected chi connectivity index (χ4v) is 3.83. The predicted molar refractivity (Wildman–Crippen MR) is 84.9 cm³/mol. The van der Waals surface area contributed by atoms with Gasteiger partial charge in [-0.3, -0.25) is 9.48 Å². The highest BCUT2D eigenvalue weighted by atomic mass is 79.9. The first kappa shape index (κ1) is 15.7. The Morgan fingerprint density at radius 2 is 2.05 bits per heavy atom. The second-order valence-electron chi connectivity index (χ2n) is 5.78. The van der Waals surface area contributed by atoms with Gasteiger partial charge in [-0.15, -0.1) is 0 Å². The number of carbonyl (C=O) groups excluding carboxylic acids is 1. The normalized spacial score (nSPS) is 15.9. The molecule has 1 aliphatic rings. The molecule has 112 valence electrons. The SMILES string of the molecule is CCc1nn(CC)c(CC(=O)CCC2CCCC2)c1Br. The molecule has 1 saturated carbocycles. The number of ketones is 1. The van der Waals surface area contributed by atoms with Crippen LogP contribution in [0.2, 0.25) is 0 Å². The first-order valence-electron chi connectivity index (χ1n) is 7.91. The molecule has 0 amide bonds. The van der Waals surface area contributed by atoms with Crippen molar-refractivity contribution in [3.8, 4) is 0 Å². The molecule has 0 N–H and O–H groups in total. The van der Waals surface area contributed by atoms with Crippen LogP contribution in [0.15, 0.2) is 4.47 Å². The minimum Gasteiger partial charge on any atom is -0.299 e. The maximum absolute atomic E-state index is 12.2. The second-order valence-corrected chi connectivity index (χ2v) is 6.57. The molecular weight excluding hydrogens is 316 g/mol. The third-order valence-corrected chi connectivity index (χ3v) is 5.28. The van der Waals surface area contributed by atoms with Crippen molar-refractivity contribution in [3.05, 3.63) is 15.9 Å². The topological polar surface area (TPSA) is 34.9 Å². The minimum absolute atomic E-state index is 0.356. The number of hydrogen-bond donors (Lipinski definition) is 0. The van der Waals surface area contributed by atoms with Crippen LogP contribution in [0.25, 0.3) is 0 Å². The van der Waals surface area contributed by atoms with Crippen molar-refractivity contribution < 1.29 is 4.79 Å². The number of nitrogens with zero attached hydrogens (tertiary/aromatic N) is 2. The molecule has 0 saturated heterocycles. The second kappa shape index (κ2) is 7.39. The molecule has 1 heterocycles. The van der Waals surface area contributed by atoms with E-state index in [0.29, 0.717) is 12.2 Å². The Kier molecular flexibility index (Phi) is 5.82. The van der Waals surface area contributed by atoms with Gasteiger partial charge in [0.25, 0.3) is 0 Å². The van der Waals surface area contributed by atoms with E-state index in [1.54, 1.807) is 0 Å². The average molecular weight is 341 g/mol. The van der Waals surface area contributed by atoms with Crippen LogP contribution in [0, 0.1) is 5.92 Å². The molecule has 3 nitrogen and oxygen atoms in total. The van der Waals surface area contributed by atoms with Crippen molar-refractivity contribution >= 4 is 21.7 Å². The van der Waals surface area contributed by atoms with Gasteiger partial charge in [-0.2, -0.15) is 5.10 Å². The zero-order valence-electron chi connectivity index (χ0n) is 12.6. The molecule has 1 aromatic rings. The summed E-state index contributed by atoms with van der Waals surface area (Å²) in [5.41, 5.74) is 2.12. The van der Waals surface area contributed by atoms with E-state index in [9.17, 15) is 4.79 Å². The maximum atomic E-state index is 12.2. The Bertz CT molecular complexity index is 461. The van der Waals surface area contributed by atoms with Crippen molar-refractivity contribution in [2.24, 2.45) is 5.92 Å². The molecule has 0 aliphatic heterocycles. The van der Waals surface area contributed by atoms with E-state index in [0.717, 1.165) is 47.6 Å². The maximum Gasteiger partial charge on any atom is 0.138 e. The average Bonchev–Trinajstić information content (AvgIpc) is 3.06. The van der Waals surface area contributed by atoms with Gasteiger partial charge in [-0.1, -0.05) is 32.6 Å². The Morgan fingerprint density at radius 3 is 2.65 bits per heavy atom. The highest BCUT2D eigenvalue weighted by Crippen LogP contribution is 2.29. The van der Waals surface area contributed by atoms with Crippen LogP contribution >= 0.6 is 15.9 Å². The van der Waals surface area contributed by atoms with Crippen molar-refractivity contribution in [3.63, 3.8) is 0 Å². The first-order valence-corrected chi connectivity index (χ1v) is 8.70. The van der Waals surface area contributed by atoms with Crippen LogP contribution in [-0.2, 0) is 24.2 Å². The summed E-state index contributed by atoms with van der Waals surface area (Å²) in [5, 5.41) is 4.55. The number of aryl methyl sites for hydroxylation is 2. The molecule has 1 aliphatic carbocycles. The number of aromatic nitrogens is 2. The Balaban J connectivity index is 1.94. The van der Waals surface area contributed by atoms with E-state index in [-0.39, 0.29) is 0 Å². The highest BCUT2D eigenvalue weighted by molar-refractivity contribution is 9.10. The molecule has 1 fully saturated rings. The lowest BCUT2D eigenvalue weighted by atomic mass is 9.99. The molecule has 0 atom stereocenters. The van der Waals surface area contributed by atoms with Gasteiger partial charge in [0.15, 0.2) is 0 Å². The molecule has 2 rings (SSSR count). The van der Waals surface area contributed by atoms with Crippen LogP contribution in [0.1, 0.15) is 63.8 Å². The van der Waals surface area contributed by atoms with Gasteiger partial charge in [0.1, 0.15) is 5.78 Å². The zero-order valence-corrected chi connectivity index (χ0v) is 14.2. The summed E-state index contributed by atoms with van der Waals surface area (Å²) < 4.78 is 3.01. The quantitative estimate of drug-likeness (QED) is 0.741. The predicted octanol–water partition coefficient (Wildman–Crippen LogP) is 4.31. The van der Waals surface area contributed by atoms with Gasteiger partial charge >= 0.3 is 0 Å². The van der Waals surface area contributed by atoms with Crippen molar-refractivity contribution in [1.29, 1.82) is 0 Å². The summed E-state index contributed by atoms with van der Waals surface area (Å²) in [6, 6.07) is 0. The number of Topliss-reactive ketones (excluding diaryl/α,β-unsaturated/α-hetero) is 1. The van der Waals surface area contributed by atoms with Gasteiger partial charge in [0, 0.05) is 19.4 Å². The summed E-state index contributed by atoms with van der Waals surface area (Å²) in [5.74, 6) is 1.15. The van der Waals surface area contributed by atoms with Crippen molar-refractivity contribution in [2.75, 3.05) is 0 Å². The van der Waals surface area contributed by atoms with E-state index >= 15 is 0 Å². The van der Waals surface area contributed by atoms with Gasteiger partial charge in [0.05, 0.1) is 15.9 Å². The summed E-state index contributed by atoms with van der Waals surface area (Å²) in [6.07, 6.45) is 8.59. The van der Waals surface area contributed by atoms with Gasteiger partial charge in [-0.25, -0.2) is 0 Å². The van der Waals surface area contributed by atoms with Gasteiger partial charge in [0.2, 0.25) is 0 Å². The van der Waals surface area contributed by atoms with E-state index < -0.39 is 0 Å². The lowest BCUT2D eigenvalue weighted by Crippen LogP contribution is -2.11. The van der Waals surface area contributed by atoms with Gasteiger partial charge in [-0.05, 0) is 41.6 Å². The van der Waals surface area contributed by atoms with Crippen LogP contribution in [0.5, 0.6) is 0 Å². The third kappa shape index (κ3) is 3.72. The van der Waals surface area contributed by atoms with Crippen molar-refractivity contribution in [1.82, 2.24) is 9.78 Å². The lowest BCUT2D eigenvalue weighted by Gasteiger charge is -2.08. The standard InChI is InChI=1S/C16H25BrN2O/c1-3-14-16(17)15(19(4-2)18-14)11-13(20)10-9-12-7-5-6-8-12/h12H,3-11H2,1-2H3. The third-order valence-electron chi connectivity index (χ3n) is 4.36. The molecule has 0 bridgehead atoms. The van der Waals surface area contributed by atoms with Crippen LogP contribution in [-0.4, -0.2) is 15.6 Å². The van der Waals surface area contributed by atoms with E-state index in [1.165, 1.54) is 25.7 Å². The number of halogens is 1. The molecule has 0 unspecified atom stereocenters. The van der Waals surface area contributed by atoms with Gasteiger partial charge < -0.3 is 0 Å². The Hall–Kier alpha value is -0.640. The van der Waals surface area contributed by atoms with Crippen molar-refractivity contribution in [2.45, 2.75) is 71.8 Å². The molecule has 4 heteroatoms. The van der Waals surface area contributed by atoms with Crippen LogP contribution < -0.4 is 0 Å². The molecule has 0 spiro atoms. The monoisotopic (exact) mass is 340 g/mol. The summed E-state index contributed by atoms with van der Waals surface area (Å²) in [4.78, 5) is 12.2. The minimum atomic E-state index is 0.356. The highest BCUT2D eigenvalue weighted by Gasteiger charge is 2.19. The van der Waals surface area contributed by atoms with E-state index in [4.69, 9.17) is 0 Å². The molecule has 0 radical (unpaired) electrons. The zero-order chi connectivity index (χ0) is 14.5. The summed E-state index contributed by atoms with van der Waals surface area (Å²) in [7, 11) is 0.